The van der Waals surface area contributed by atoms with E-state index in [4.69, 9.17) is 0 Å². The van der Waals surface area contributed by atoms with Crippen LogP contribution in [0, 0.1) is 17.8 Å². The number of benzene rings is 1. The third-order valence-electron chi connectivity index (χ3n) is 5.40. The second kappa shape index (κ2) is 6.63. The summed E-state index contributed by atoms with van der Waals surface area (Å²) in [5.41, 5.74) is 0.724. The van der Waals surface area contributed by atoms with Crippen LogP contribution in [0.1, 0.15) is 38.2 Å². The Morgan fingerprint density at radius 1 is 1.22 bits per heavy atom. The summed E-state index contributed by atoms with van der Waals surface area (Å²) in [6.45, 7) is 2.02. The van der Waals surface area contributed by atoms with Gasteiger partial charge in [0.15, 0.2) is 9.84 Å². The molecule has 4 nitrogen and oxygen atoms in total. The fourth-order valence-electron chi connectivity index (χ4n) is 4.39. The largest absolute Gasteiger partial charge is 0.352 e. The van der Waals surface area contributed by atoms with Crippen LogP contribution in [-0.4, -0.2) is 26.1 Å². The zero-order chi connectivity index (χ0) is 16.4. The molecule has 0 saturated heterocycles. The number of sulfone groups is 1. The lowest BCUT2D eigenvalue weighted by Gasteiger charge is -2.28. The van der Waals surface area contributed by atoms with Gasteiger partial charge in [-0.05, 0) is 49.5 Å². The van der Waals surface area contributed by atoms with Crippen molar-refractivity contribution in [3.8, 4) is 0 Å². The first-order valence-corrected chi connectivity index (χ1v) is 10.3. The molecule has 1 amide bonds. The Balaban J connectivity index is 1.52. The summed E-state index contributed by atoms with van der Waals surface area (Å²) in [6, 6.07) is 9.08. The Morgan fingerprint density at radius 2 is 1.96 bits per heavy atom. The van der Waals surface area contributed by atoms with Gasteiger partial charge in [0.2, 0.25) is 5.91 Å². The van der Waals surface area contributed by atoms with E-state index in [1.807, 2.05) is 25.1 Å². The molecule has 2 bridgehead atoms. The molecule has 126 valence electrons. The SMILES string of the molecule is CC(NC(=O)CS(=O)(=O)Cc1ccccc1)C1CC2CCC1C2. The quantitative estimate of drug-likeness (QED) is 0.869. The van der Waals surface area contributed by atoms with E-state index >= 15 is 0 Å². The molecule has 1 aromatic rings. The molecular formula is C18H25NO3S. The van der Waals surface area contributed by atoms with Gasteiger partial charge in [-0.25, -0.2) is 8.42 Å². The minimum absolute atomic E-state index is 0.0738. The van der Waals surface area contributed by atoms with Gasteiger partial charge >= 0.3 is 0 Å². The molecule has 2 aliphatic carbocycles. The Hall–Kier alpha value is -1.36. The van der Waals surface area contributed by atoms with Crippen molar-refractivity contribution in [2.24, 2.45) is 17.8 Å². The fourth-order valence-corrected chi connectivity index (χ4v) is 5.67. The van der Waals surface area contributed by atoms with Crippen molar-refractivity contribution in [3.63, 3.8) is 0 Å². The van der Waals surface area contributed by atoms with E-state index in [1.54, 1.807) is 12.1 Å². The molecule has 0 aliphatic heterocycles. The first-order chi connectivity index (χ1) is 10.9. The minimum atomic E-state index is -3.43. The van der Waals surface area contributed by atoms with E-state index in [-0.39, 0.29) is 17.7 Å². The van der Waals surface area contributed by atoms with E-state index in [0.29, 0.717) is 5.92 Å². The predicted octanol–water partition coefficient (Wildman–Crippen LogP) is 2.54. The molecule has 4 atom stereocenters. The summed E-state index contributed by atoms with van der Waals surface area (Å²) >= 11 is 0. The summed E-state index contributed by atoms with van der Waals surface area (Å²) in [6.07, 6.45) is 5.06. The topological polar surface area (TPSA) is 63.2 Å². The van der Waals surface area contributed by atoms with Crippen LogP contribution in [0.2, 0.25) is 0 Å². The normalized spacial score (nSPS) is 27.8. The molecule has 2 saturated carbocycles. The molecule has 4 unspecified atom stereocenters. The Morgan fingerprint density at radius 3 is 2.57 bits per heavy atom. The summed E-state index contributed by atoms with van der Waals surface area (Å²) in [5, 5.41) is 2.93. The molecule has 2 aliphatic rings. The highest BCUT2D eigenvalue weighted by Gasteiger charge is 2.42. The molecule has 0 radical (unpaired) electrons. The van der Waals surface area contributed by atoms with Gasteiger partial charge < -0.3 is 5.32 Å². The van der Waals surface area contributed by atoms with E-state index in [9.17, 15) is 13.2 Å². The van der Waals surface area contributed by atoms with Crippen molar-refractivity contribution < 1.29 is 13.2 Å². The van der Waals surface area contributed by atoms with E-state index in [1.165, 1.54) is 25.7 Å². The summed E-state index contributed by atoms with van der Waals surface area (Å²) < 4.78 is 24.4. The maximum Gasteiger partial charge on any atom is 0.235 e. The standard InChI is InChI=1S/C18H25NO3S/c1-13(17-10-15-7-8-16(17)9-15)19-18(20)12-23(21,22)11-14-5-3-2-4-6-14/h2-6,13,15-17H,7-12H2,1H3,(H,19,20). The first kappa shape index (κ1) is 16.5. The maximum absolute atomic E-state index is 12.2. The molecule has 3 rings (SSSR count). The van der Waals surface area contributed by atoms with E-state index in [2.05, 4.69) is 5.32 Å². The van der Waals surface area contributed by atoms with Gasteiger partial charge in [0, 0.05) is 6.04 Å². The summed E-state index contributed by atoms with van der Waals surface area (Å²) in [7, 11) is -3.43. The number of fused-ring (bicyclic) bond motifs is 2. The maximum atomic E-state index is 12.2. The van der Waals surface area contributed by atoms with Gasteiger partial charge in [0.1, 0.15) is 5.75 Å². The number of rotatable bonds is 6. The van der Waals surface area contributed by atoms with Crippen LogP contribution in [0.5, 0.6) is 0 Å². The lowest BCUT2D eigenvalue weighted by Crippen LogP contribution is -2.42. The van der Waals surface area contributed by atoms with Crippen molar-refractivity contribution >= 4 is 15.7 Å². The number of carbonyl (C=O) groups excluding carboxylic acids is 1. The molecule has 0 spiro atoms. The summed E-state index contributed by atoms with van der Waals surface area (Å²) in [4.78, 5) is 12.1. The molecule has 23 heavy (non-hydrogen) atoms. The van der Waals surface area contributed by atoms with Crippen molar-refractivity contribution in [2.75, 3.05) is 5.75 Å². The second-order valence-electron chi connectivity index (χ2n) is 7.21. The van der Waals surface area contributed by atoms with Crippen molar-refractivity contribution in [1.29, 1.82) is 0 Å². The van der Waals surface area contributed by atoms with E-state index in [0.717, 1.165) is 17.4 Å². The van der Waals surface area contributed by atoms with Gasteiger partial charge in [-0.1, -0.05) is 36.8 Å². The summed E-state index contributed by atoms with van der Waals surface area (Å²) in [5.74, 6) is 1.20. The number of nitrogens with one attached hydrogen (secondary N) is 1. The Kier molecular flexibility index (Phi) is 4.76. The smallest absolute Gasteiger partial charge is 0.235 e. The van der Waals surface area contributed by atoms with Gasteiger partial charge in [0.25, 0.3) is 0 Å². The monoisotopic (exact) mass is 335 g/mol. The minimum Gasteiger partial charge on any atom is -0.352 e. The third kappa shape index (κ3) is 4.14. The van der Waals surface area contributed by atoms with Crippen LogP contribution >= 0.6 is 0 Å². The van der Waals surface area contributed by atoms with Gasteiger partial charge in [-0.15, -0.1) is 0 Å². The molecule has 0 heterocycles. The van der Waals surface area contributed by atoms with Gasteiger partial charge in [0.05, 0.1) is 5.75 Å². The average molecular weight is 335 g/mol. The second-order valence-corrected chi connectivity index (χ2v) is 9.28. The number of carbonyl (C=O) groups is 1. The van der Waals surface area contributed by atoms with Crippen LogP contribution in [0.15, 0.2) is 30.3 Å². The highest BCUT2D eigenvalue weighted by molar-refractivity contribution is 7.91. The fraction of sp³-hybridized carbons (Fsp3) is 0.611. The molecule has 5 heteroatoms. The molecule has 1 aromatic carbocycles. The number of hydrogen-bond acceptors (Lipinski definition) is 3. The zero-order valence-corrected chi connectivity index (χ0v) is 14.4. The van der Waals surface area contributed by atoms with Crippen molar-refractivity contribution in [2.45, 2.75) is 44.4 Å². The average Bonchev–Trinajstić information content (AvgIpc) is 3.09. The number of amides is 1. The van der Waals surface area contributed by atoms with Gasteiger partial charge in [-0.3, -0.25) is 4.79 Å². The van der Waals surface area contributed by atoms with E-state index < -0.39 is 15.6 Å². The number of hydrogen-bond donors (Lipinski definition) is 1. The van der Waals surface area contributed by atoms with Crippen LogP contribution in [-0.2, 0) is 20.4 Å². The van der Waals surface area contributed by atoms with Crippen LogP contribution in [0.25, 0.3) is 0 Å². The Bertz CT molecular complexity index is 656. The Labute approximate surface area is 138 Å². The third-order valence-corrected chi connectivity index (χ3v) is 6.88. The lowest BCUT2D eigenvalue weighted by atomic mass is 9.84. The highest BCUT2D eigenvalue weighted by Crippen LogP contribution is 2.49. The molecular weight excluding hydrogens is 310 g/mol. The molecule has 1 N–H and O–H groups in total. The molecule has 2 fully saturated rings. The zero-order valence-electron chi connectivity index (χ0n) is 13.6. The van der Waals surface area contributed by atoms with Gasteiger partial charge in [-0.2, -0.15) is 0 Å². The van der Waals surface area contributed by atoms with Crippen molar-refractivity contribution in [3.05, 3.63) is 35.9 Å². The first-order valence-electron chi connectivity index (χ1n) is 8.46. The van der Waals surface area contributed by atoms with Crippen molar-refractivity contribution in [1.82, 2.24) is 5.32 Å². The van der Waals surface area contributed by atoms with Crippen LogP contribution in [0.4, 0.5) is 0 Å². The highest BCUT2D eigenvalue weighted by atomic mass is 32.2. The van der Waals surface area contributed by atoms with Crippen LogP contribution < -0.4 is 5.32 Å². The molecule has 0 aromatic heterocycles. The predicted molar refractivity (Wildman–Crippen MR) is 90.5 cm³/mol. The lowest BCUT2D eigenvalue weighted by molar-refractivity contribution is -0.119. The van der Waals surface area contributed by atoms with Crippen LogP contribution in [0.3, 0.4) is 0 Å².